The van der Waals surface area contributed by atoms with Gasteiger partial charge in [-0.1, -0.05) is 55.5 Å². The molecule has 1 aromatic carbocycles. The van der Waals surface area contributed by atoms with Crippen LogP contribution in [0.25, 0.3) is 22.3 Å². The first-order valence-corrected chi connectivity index (χ1v) is 12.0. The monoisotopic (exact) mass is 431 g/mol. The molecular formula is C26H29N3OS. The van der Waals surface area contributed by atoms with Gasteiger partial charge in [0.15, 0.2) is 0 Å². The molecule has 3 aromatic rings. The van der Waals surface area contributed by atoms with Crippen LogP contribution in [0.5, 0.6) is 0 Å². The second-order valence-electron chi connectivity index (χ2n) is 8.25. The van der Waals surface area contributed by atoms with Crippen molar-refractivity contribution < 1.29 is 4.79 Å². The minimum atomic E-state index is -0.0141. The SMILES string of the molecule is C#CC(Sc1cnc2[nH]c(-c3ccccc3)c(CCNC(C)=O)c2c1)C1CCCCC1. The maximum atomic E-state index is 11.4. The molecule has 5 heteroatoms. The number of fused-ring (bicyclic) bond motifs is 1. The van der Waals surface area contributed by atoms with Gasteiger partial charge in [0, 0.05) is 29.9 Å². The summed E-state index contributed by atoms with van der Waals surface area (Å²) in [5, 5.41) is 4.22. The van der Waals surface area contributed by atoms with Crippen molar-refractivity contribution >= 4 is 28.7 Å². The van der Waals surface area contributed by atoms with Crippen molar-refractivity contribution in [3.63, 3.8) is 0 Å². The lowest BCUT2D eigenvalue weighted by Crippen LogP contribution is -2.22. The molecular weight excluding hydrogens is 402 g/mol. The molecule has 1 unspecified atom stereocenters. The normalized spacial score (nSPS) is 15.5. The molecule has 31 heavy (non-hydrogen) atoms. The molecule has 4 nitrogen and oxygen atoms in total. The fraction of sp³-hybridized carbons (Fsp3) is 0.385. The van der Waals surface area contributed by atoms with Crippen molar-refractivity contribution in [2.24, 2.45) is 5.92 Å². The lowest BCUT2D eigenvalue weighted by molar-refractivity contribution is -0.118. The van der Waals surface area contributed by atoms with E-state index in [9.17, 15) is 4.79 Å². The lowest BCUT2D eigenvalue weighted by Gasteiger charge is -2.26. The second kappa shape index (κ2) is 10.1. The first kappa shape index (κ1) is 21.5. The summed E-state index contributed by atoms with van der Waals surface area (Å²) in [6, 6.07) is 12.5. The lowest BCUT2D eigenvalue weighted by atomic mass is 9.87. The fourth-order valence-corrected chi connectivity index (χ4v) is 5.62. The molecule has 1 atom stereocenters. The van der Waals surface area contributed by atoms with Gasteiger partial charge in [-0.15, -0.1) is 18.2 Å². The molecule has 1 fully saturated rings. The predicted octanol–water partition coefficient (Wildman–Crippen LogP) is 5.58. The van der Waals surface area contributed by atoms with Crippen LogP contribution in [0.15, 0.2) is 47.5 Å². The van der Waals surface area contributed by atoms with Crippen molar-refractivity contribution in [2.75, 3.05) is 6.54 Å². The van der Waals surface area contributed by atoms with Gasteiger partial charge in [0.05, 0.1) is 10.9 Å². The van der Waals surface area contributed by atoms with E-state index in [2.05, 4.69) is 34.4 Å². The van der Waals surface area contributed by atoms with Gasteiger partial charge in [-0.3, -0.25) is 4.79 Å². The van der Waals surface area contributed by atoms with Crippen molar-refractivity contribution in [3.05, 3.63) is 48.2 Å². The van der Waals surface area contributed by atoms with Crippen molar-refractivity contribution in [1.29, 1.82) is 0 Å². The minimum absolute atomic E-state index is 0.0141. The van der Waals surface area contributed by atoms with Gasteiger partial charge in [-0.2, -0.15) is 0 Å². The van der Waals surface area contributed by atoms with E-state index < -0.39 is 0 Å². The highest BCUT2D eigenvalue weighted by Gasteiger charge is 2.23. The molecule has 2 heterocycles. The van der Waals surface area contributed by atoms with Crippen molar-refractivity contribution in [2.45, 2.75) is 55.6 Å². The minimum Gasteiger partial charge on any atom is -0.356 e. The number of carbonyl (C=O) groups excluding carboxylic acids is 1. The molecule has 160 valence electrons. The number of aromatic amines is 1. The number of rotatable bonds is 7. The number of nitrogens with one attached hydrogen (secondary N) is 2. The van der Waals surface area contributed by atoms with Gasteiger partial charge in [0.1, 0.15) is 5.65 Å². The molecule has 1 saturated carbocycles. The number of hydrogen-bond donors (Lipinski definition) is 2. The van der Waals surface area contributed by atoms with Crippen LogP contribution in [0.1, 0.15) is 44.6 Å². The van der Waals surface area contributed by atoms with Crippen LogP contribution in [-0.4, -0.2) is 27.7 Å². The van der Waals surface area contributed by atoms with E-state index in [4.69, 9.17) is 11.4 Å². The Balaban J connectivity index is 1.66. The molecule has 0 aliphatic heterocycles. The smallest absolute Gasteiger partial charge is 0.216 e. The van der Waals surface area contributed by atoms with Crippen LogP contribution < -0.4 is 5.32 Å². The van der Waals surface area contributed by atoms with E-state index in [-0.39, 0.29) is 11.2 Å². The Labute approximate surface area is 188 Å². The zero-order valence-electron chi connectivity index (χ0n) is 18.0. The highest BCUT2D eigenvalue weighted by atomic mass is 32.2. The van der Waals surface area contributed by atoms with Gasteiger partial charge >= 0.3 is 0 Å². The Morgan fingerprint density at radius 2 is 2.06 bits per heavy atom. The maximum absolute atomic E-state index is 11.4. The van der Waals surface area contributed by atoms with Crippen molar-refractivity contribution in [3.8, 4) is 23.6 Å². The van der Waals surface area contributed by atoms with Gasteiger partial charge in [0.25, 0.3) is 0 Å². The second-order valence-corrected chi connectivity index (χ2v) is 9.46. The van der Waals surface area contributed by atoms with Crippen LogP contribution in [0.2, 0.25) is 0 Å². The topological polar surface area (TPSA) is 57.8 Å². The summed E-state index contributed by atoms with van der Waals surface area (Å²) in [4.78, 5) is 20.7. The molecule has 0 radical (unpaired) electrons. The first-order valence-electron chi connectivity index (χ1n) is 11.1. The summed E-state index contributed by atoms with van der Waals surface area (Å²) in [5.74, 6) is 3.61. The quantitative estimate of drug-likeness (QED) is 0.379. The number of H-pyrrole nitrogens is 1. The fourth-order valence-electron chi connectivity index (χ4n) is 4.49. The average Bonchev–Trinajstić information content (AvgIpc) is 3.16. The van der Waals surface area contributed by atoms with Crippen LogP contribution >= 0.6 is 11.8 Å². The van der Waals surface area contributed by atoms with Crippen LogP contribution in [-0.2, 0) is 11.2 Å². The zero-order valence-corrected chi connectivity index (χ0v) is 18.8. The molecule has 0 bridgehead atoms. The number of thioether (sulfide) groups is 1. The Bertz CT molecular complexity index is 1080. The van der Waals surface area contributed by atoms with Crippen LogP contribution in [0.3, 0.4) is 0 Å². The molecule has 4 rings (SSSR count). The number of carbonyl (C=O) groups is 1. The van der Waals surface area contributed by atoms with E-state index in [0.717, 1.165) is 33.6 Å². The van der Waals surface area contributed by atoms with Gasteiger partial charge in [-0.05, 0) is 42.4 Å². The van der Waals surface area contributed by atoms with E-state index in [1.54, 1.807) is 18.7 Å². The van der Waals surface area contributed by atoms with Crippen LogP contribution in [0.4, 0.5) is 0 Å². The number of benzene rings is 1. The number of terminal acetylenes is 1. The van der Waals surface area contributed by atoms with E-state index >= 15 is 0 Å². The van der Waals surface area contributed by atoms with Gasteiger partial charge < -0.3 is 10.3 Å². The number of hydrogen-bond acceptors (Lipinski definition) is 3. The van der Waals surface area contributed by atoms with Gasteiger partial charge in [0.2, 0.25) is 5.91 Å². The molecule has 1 aliphatic carbocycles. The standard InChI is InChI=1S/C26H29N3OS/c1-3-24(19-10-6-4-7-11-19)31-21-16-23-22(14-15-27-18(2)30)25(29-26(23)28-17-21)20-12-8-5-9-13-20/h1,5,8-9,12-13,16-17,19,24H,4,6-7,10-11,14-15H2,2H3,(H,27,30)(H,28,29). The summed E-state index contributed by atoms with van der Waals surface area (Å²) in [6.45, 7) is 2.14. The molecule has 1 amide bonds. The molecule has 2 aromatic heterocycles. The Hall–Kier alpha value is -2.71. The molecule has 0 spiro atoms. The molecule has 2 N–H and O–H groups in total. The average molecular weight is 432 g/mol. The van der Waals surface area contributed by atoms with E-state index in [1.807, 2.05) is 24.4 Å². The summed E-state index contributed by atoms with van der Waals surface area (Å²) in [7, 11) is 0. The first-order chi connectivity index (χ1) is 15.2. The largest absolute Gasteiger partial charge is 0.356 e. The summed E-state index contributed by atoms with van der Waals surface area (Å²) in [5.41, 5.74) is 4.24. The number of pyridine rings is 1. The number of nitrogens with zero attached hydrogens (tertiary/aromatic N) is 1. The highest BCUT2D eigenvalue weighted by molar-refractivity contribution is 8.00. The third kappa shape index (κ3) is 5.14. The summed E-state index contributed by atoms with van der Waals surface area (Å²) in [6.07, 6.45) is 14.9. The number of aromatic nitrogens is 2. The van der Waals surface area contributed by atoms with E-state index in [1.165, 1.54) is 37.7 Å². The molecule has 1 aliphatic rings. The third-order valence-electron chi connectivity index (χ3n) is 6.05. The number of amides is 1. The van der Waals surface area contributed by atoms with E-state index in [0.29, 0.717) is 12.5 Å². The maximum Gasteiger partial charge on any atom is 0.216 e. The van der Waals surface area contributed by atoms with Crippen molar-refractivity contribution in [1.82, 2.24) is 15.3 Å². The Kier molecular flexibility index (Phi) is 6.99. The Morgan fingerprint density at radius 3 is 2.77 bits per heavy atom. The predicted molar refractivity (Wildman–Crippen MR) is 129 cm³/mol. The zero-order chi connectivity index (χ0) is 21.6. The summed E-state index contributed by atoms with van der Waals surface area (Å²) >= 11 is 1.77. The van der Waals surface area contributed by atoms with Gasteiger partial charge in [-0.25, -0.2) is 4.98 Å². The summed E-state index contributed by atoms with van der Waals surface area (Å²) < 4.78 is 0. The Morgan fingerprint density at radius 1 is 1.29 bits per heavy atom. The molecule has 0 saturated heterocycles. The van der Waals surface area contributed by atoms with Crippen LogP contribution in [0, 0.1) is 18.3 Å². The highest BCUT2D eigenvalue weighted by Crippen LogP contribution is 2.38. The third-order valence-corrected chi connectivity index (χ3v) is 7.32.